The minimum atomic E-state index is -0.876. The molecule has 3 N–H and O–H groups in total. The minimum Gasteiger partial charge on any atom is -0.350 e. The maximum Gasteiger partial charge on any atom is 0.325 e. The number of imide groups is 1. The first-order valence-electron chi connectivity index (χ1n) is 8.77. The molecule has 2 atom stereocenters. The van der Waals surface area contributed by atoms with E-state index in [9.17, 15) is 19.2 Å². The van der Waals surface area contributed by atoms with Gasteiger partial charge in [-0.15, -0.1) is 0 Å². The lowest BCUT2D eigenvalue weighted by Crippen LogP contribution is -2.54. The smallest absolute Gasteiger partial charge is 0.325 e. The van der Waals surface area contributed by atoms with Crippen molar-refractivity contribution in [3.05, 3.63) is 0 Å². The highest BCUT2D eigenvalue weighted by atomic mass is 16.2. The largest absolute Gasteiger partial charge is 0.350 e. The molecular weight excluding hydrogens is 324 g/mol. The van der Waals surface area contributed by atoms with Gasteiger partial charge in [-0.25, -0.2) is 4.79 Å². The van der Waals surface area contributed by atoms with Crippen molar-refractivity contribution in [3.63, 3.8) is 0 Å². The molecule has 2 rings (SSSR count). The topological polar surface area (TPSA) is 108 Å². The normalized spacial score (nSPS) is 26.6. The maximum atomic E-state index is 12.7. The number of urea groups is 1. The third-order valence-corrected chi connectivity index (χ3v) is 4.76. The molecule has 0 radical (unpaired) electrons. The zero-order valence-corrected chi connectivity index (χ0v) is 15.4. The number of rotatable bonds is 4. The Morgan fingerprint density at radius 3 is 2.52 bits per heavy atom. The summed E-state index contributed by atoms with van der Waals surface area (Å²) in [5.41, 5.74) is -1.27. The van der Waals surface area contributed by atoms with E-state index in [4.69, 9.17) is 0 Å². The third kappa shape index (κ3) is 4.29. The number of hydrogen-bond donors (Lipinski definition) is 3. The summed E-state index contributed by atoms with van der Waals surface area (Å²) in [6.07, 6.45) is 3.39. The lowest BCUT2D eigenvalue weighted by atomic mass is 9.73. The summed E-state index contributed by atoms with van der Waals surface area (Å²) in [4.78, 5) is 49.7. The van der Waals surface area contributed by atoms with E-state index in [2.05, 4.69) is 16.0 Å². The van der Waals surface area contributed by atoms with Crippen LogP contribution in [0.1, 0.15) is 53.4 Å². The summed E-state index contributed by atoms with van der Waals surface area (Å²) in [5.74, 6) is -1.15. The molecule has 1 spiro atoms. The quantitative estimate of drug-likeness (QED) is 0.641. The van der Waals surface area contributed by atoms with Crippen LogP contribution in [-0.4, -0.2) is 52.8 Å². The van der Waals surface area contributed by atoms with Crippen LogP contribution in [0.3, 0.4) is 0 Å². The van der Waals surface area contributed by atoms with E-state index in [1.807, 2.05) is 27.7 Å². The highest BCUT2D eigenvalue weighted by molar-refractivity contribution is 6.09. The van der Waals surface area contributed by atoms with Gasteiger partial charge in [0.15, 0.2) is 0 Å². The summed E-state index contributed by atoms with van der Waals surface area (Å²) in [6.45, 7) is 6.90. The molecule has 5 amide bonds. The molecule has 1 heterocycles. The van der Waals surface area contributed by atoms with Crippen molar-refractivity contribution in [1.82, 2.24) is 20.9 Å². The fourth-order valence-corrected chi connectivity index (χ4v) is 3.48. The van der Waals surface area contributed by atoms with E-state index in [-0.39, 0.29) is 30.8 Å². The molecular formula is C17H28N4O4. The minimum absolute atomic E-state index is 0.0447. The lowest BCUT2D eigenvalue weighted by molar-refractivity contribution is -0.137. The van der Waals surface area contributed by atoms with Crippen LogP contribution in [0.2, 0.25) is 0 Å². The van der Waals surface area contributed by atoms with Gasteiger partial charge < -0.3 is 16.0 Å². The van der Waals surface area contributed by atoms with Gasteiger partial charge in [0.2, 0.25) is 11.8 Å². The van der Waals surface area contributed by atoms with Gasteiger partial charge >= 0.3 is 6.03 Å². The molecule has 2 aliphatic rings. The van der Waals surface area contributed by atoms with E-state index < -0.39 is 23.0 Å². The monoisotopic (exact) mass is 352 g/mol. The fraction of sp³-hybridized carbons (Fsp3) is 0.765. The maximum absolute atomic E-state index is 12.7. The van der Waals surface area contributed by atoms with Gasteiger partial charge in [-0.1, -0.05) is 19.8 Å². The predicted molar refractivity (Wildman–Crippen MR) is 91.5 cm³/mol. The van der Waals surface area contributed by atoms with Gasteiger partial charge in [-0.05, 0) is 39.5 Å². The molecule has 0 aromatic heterocycles. The SMILES string of the molecule is C[C@@H]1CCCC[C@]12NC(=O)N(CC(=O)NCC(=O)NC(C)(C)C)C2=O. The Bertz CT molecular complexity index is 584. The van der Waals surface area contributed by atoms with Crippen LogP contribution < -0.4 is 16.0 Å². The van der Waals surface area contributed by atoms with E-state index in [1.54, 1.807) is 0 Å². The van der Waals surface area contributed by atoms with Crippen molar-refractivity contribution < 1.29 is 19.2 Å². The molecule has 1 saturated heterocycles. The third-order valence-electron chi connectivity index (χ3n) is 4.76. The van der Waals surface area contributed by atoms with Crippen LogP contribution in [-0.2, 0) is 14.4 Å². The van der Waals surface area contributed by atoms with Crippen LogP contribution >= 0.6 is 0 Å². The zero-order valence-electron chi connectivity index (χ0n) is 15.4. The molecule has 25 heavy (non-hydrogen) atoms. The Morgan fingerprint density at radius 2 is 1.92 bits per heavy atom. The average Bonchev–Trinajstić information content (AvgIpc) is 2.72. The highest BCUT2D eigenvalue weighted by Crippen LogP contribution is 2.38. The lowest BCUT2D eigenvalue weighted by Gasteiger charge is -2.36. The molecule has 1 saturated carbocycles. The number of carbonyl (C=O) groups is 4. The van der Waals surface area contributed by atoms with Crippen LogP contribution in [0, 0.1) is 5.92 Å². The summed E-state index contributed by atoms with van der Waals surface area (Å²) in [6, 6.07) is -0.534. The van der Waals surface area contributed by atoms with Gasteiger partial charge in [0.05, 0.1) is 6.54 Å². The Kier molecular flexibility index (Phi) is 5.39. The molecule has 1 aliphatic heterocycles. The molecule has 140 valence electrons. The van der Waals surface area contributed by atoms with Gasteiger partial charge in [0.1, 0.15) is 12.1 Å². The first-order chi connectivity index (χ1) is 11.5. The molecule has 0 aromatic carbocycles. The van der Waals surface area contributed by atoms with Crippen LogP contribution in [0.15, 0.2) is 0 Å². The van der Waals surface area contributed by atoms with E-state index in [0.29, 0.717) is 6.42 Å². The Balaban J connectivity index is 1.91. The van der Waals surface area contributed by atoms with Gasteiger partial charge in [0, 0.05) is 5.54 Å². The Labute approximate surface area is 148 Å². The van der Waals surface area contributed by atoms with Crippen LogP contribution in [0.25, 0.3) is 0 Å². The van der Waals surface area contributed by atoms with Gasteiger partial charge in [-0.2, -0.15) is 0 Å². The van der Waals surface area contributed by atoms with E-state index in [1.165, 1.54) is 0 Å². The van der Waals surface area contributed by atoms with Crippen LogP contribution in [0.5, 0.6) is 0 Å². The number of nitrogens with zero attached hydrogens (tertiary/aromatic N) is 1. The zero-order chi connectivity index (χ0) is 18.8. The number of amides is 5. The standard InChI is InChI=1S/C17H28N4O4/c1-11-7-5-6-8-17(11)14(24)21(15(25)20-17)10-13(23)18-9-12(22)19-16(2,3)4/h11H,5-10H2,1-4H3,(H,18,23)(H,19,22)(H,20,25)/t11-,17+/m1/s1. The van der Waals surface area contributed by atoms with Crippen molar-refractivity contribution in [2.75, 3.05) is 13.1 Å². The molecule has 0 bridgehead atoms. The molecule has 1 aliphatic carbocycles. The predicted octanol–water partition coefficient (Wildman–Crippen LogP) is 0.518. The van der Waals surface area contributed by atoms with Crippen molar-refractivity contribution in [2.45, 2.75) is 64.5 Å². The summed E-state index contributed by atoms with van der Waals surface area (Å²) in [7, 11) is 0. The van der Waals surface area contributed by atoms with Crippen LogP contribution in [0.4, 0.5) is 4.79 Å². The number of carbonyl (C=O) groups excluding carboxylic acids is 4. The van der Waals surface area contributed by atoms with Crippen molar-refractivity contribution in [1.29, 1.82) is 0 Å². The summed E-state index contributed by atoms with van der Waals surface area (Å²) in [5, 5.41) is 7.97. The van der Waals surface area contributed by atoms with Crippen molar-refractivity contribution in [3.8, 4) is 0 Å². The second-order valence-electron chi connectivity index (χ2n) is 8.01. The molecule has 0 unspecified atom stereocenters. The first-order valence-corrected chi connectivity index (χ1v) is 8.77. The summed E-state index contributed by atoms with van der Waals surface area (Å²) < 4.78 is 0. The number of hydrogen-bond acceptors (Lipinski definition) is 4. The molecule has 0 aromatic rings. The second-order valence-corrected chi connectivity index (χ2v) is 8.01. The van der Waals surface area contributed by atoms with Gasteiger partial charge in [-0.3, -0.25) is 19.3 Å². The molecule has 8 heteroatoms. The second kappa shape index (κ2) is 7.01. The van der Waals surface area contributed by atoms with E-state index in [0.717, 1.165) is 24.2 Å². The Hall–Kier alpha value is -2.12. The van der Waals surface area contributed by atoms with E-state index >= 15 is 0 Å². The summed E-state index contributed by atoms with van der Waals surface area (Å²) >= 11 is 0. The molecule has 8 nitrogen and oxygen atoms in total. The van der Waals surface area contributed by atoms with Crippen molar-refractivity contribution in [2.24, 2.45) is 5.92 Å². The first kappa shape index (κ1) is 19.2. The Morgan fingerprint density at radius 1 is 1.24 bits per heavy atom. The van der Waals surface area contributed by atoms with Crippen molar-refractivity contribution >= 4 is 23.8 Å². The number of nitrogens with one attached hydrogen (secondary N) is 3. The fourth-order valence-electron chi connectivity index (χ4n) is 3.48. The molecule has 2 fully saturated rings. The highest BCUT2D eigenvalue weighted by Gasteiger charge is 2.55. The average molecular weight is 352 g/mol. The van der Waals surface area contributed by atoms with Gasteiger partial charge in [0.25, 0.3) is 5.91 Å².